The standard InChI is InChI=1S/C27H32ClN5O2S/c1-4-31(5-2)25-18-24(28)29-27(30-25)36-19-20-6-8-21(9-7-20)26(34)33-16-14-32(15-17-33)22-10-12-23(35-3)13-11-22/h6-13,18H,4-5,14-17,19H2,1-3H3. The van der Waals surface area contributed by atoms with Crippen molar-refractivity contribution in [3.05, 3.63) is 70.9 Å². The van der Waals surface area contributed by atoms with Crippen LogP contribution in [0.5, 0.6) is 5.75 Å². The second kappa shape index (κ2) is 12.3. The molecule has 36 heavy (non-hydrogen) atoms. The van der Waals surface area contributed by atoms with Crippen molar-refractivity contribution in [2.75, 3.05) is 56.2 Å². The van der Waals surface area contributed by atoms with Crippen LogP contribution < -0.4 is 14.5 Å². The van der Waals surface area contributed by atoms with Gasteiger partial charge in [-0.05, 0) is 55.8 Å². The van der Waals surface area contributed by atoms with Crippen molar-refractivity contribution in [3.8, 4) is 5.75 Å². The average Bonchev–Trinajstić information content (AvgIpc) is 2.92. The predicted octanol–water partition coefficient (Wildman–Crippen LogP) is 5.24. The molecule has 1 amide bonds. The van der Waals surface area contributed by atoms with Gasteiger partial charge in [0.2, 0.25) is 0 Å². The SMILES string of the molecule is CCN(CC)c1cc(Cl)nc(SCc2ccc(C(=O)N3CCN(c4ccc(OC)cc4)CC3)cc2)n1. The number of piperazine rings is 1. The number of hydrogen-bond donors (Lipinski definition) is 0. The first-order valence-electron chi connectivity index (χ1n) is 12.2. The first-order chi connectivity index (χ1) is 17.5. The molecule has 0 saturated carbocycles. The third-order valence-corrected chi connectivity index (χ3v) is 7.43. The highest BCUT2D eigenvalue weighted by molar-refractivity contribution is 7.98. The molecule has 1 aromatic heterocycles. The Kier molecular flexibility index (Phi) is 8.93. The number of ether oxygens (including phenoxy) is 1. The fraction of sp³-hybridized carbons (Fsp3) is 0.370. The Balaban J connectivity index is 1.31. The van der Waals surface area contributed by atoms with E-state index in [9.17, 15) is 4.79 Å². The van der Waals surface area contributed by atoms with Crippen LogP contribution in [-0.2, 0) is 5.75 Å². The molecule has 9 heteroatoms. The van der Waals surface area contributed by atoms with E-state index in [4.69, 9.17) is 16.3 Å². The number of carbonyl (C=O) groups is 1. The Hall–Kier alpha value is -2.97. The minimum atomic E-state index is 0.0747. The fourth-order valence-corrected chi connectivity index (χ4v) is 5.23. The molecule has 190 valence electrons. The zero-order valence-electron chi connectivity index (χ0n) is 21.0. The minimum absolute atomic E-state index is 0.0747. The van der Waals surface area contributed by atoms with Gasteiger partial charge in [0, 0.05) is 62.3 Å². The van der Waals surface area contributed by atoms with Crippen LogP contribution in [-0.4, -0.2) is 67.2 Å². The molecule has 0 spiro atoms. The van der Waals surface area contributed by atoms with E-state index in [0.717, 1.165) is 49.0 Å². The number of amides is 1. The Bertz CT molecular complexity index is 1150. The second-order valence-electron chi connectivity index (χ2n) is 8.47. The quantitative estimate of drug-likeness (QED) is 0.215. The van der Waals surface area contributed by atoms with Crippen LogP contribution in [0.4, 0.5) is 11.5 Å². The van der Waals surface area contributed by atoms with Gasteiger partial charge in [0.25, 0.3) is 5.91 Å². The lowest BCUT2D eigenvalue weighted by Gasteiger charge is -2.36. The summed E-state index contributed by atoms with van der Waals surface area (Å²) in [7, 11) is 1.67. The van der Waals surface area contributed by atoms with Gasteiger partial charge in [-0.25, -0.2) is 9.97 Å². The highest BCUT2D eigenvalue weighted by atomic mass is 35.5. The Morgan fingerprint density at radius 2 is 1.67 bits per heavy atom. The molecule has 0 aliphatic carbocycles. The van der Waals surface area contributed by atoms with Gasteiger partial charge in [-0.1, -0.05) is 35.5 Å². The number of anilines is 2. The Morgan fingerprint density at radius 1 is 1.00 bits per heavy atom. The van der Waals surface area contributed by atoms with E-state index >= 15 is 0 Å². The van der Waals surface area contributed by atoms with Gasteiger partial charge in [-0.2, -0.15) is 0 Å². The number of thioether (sulfide) groups is 1. The number of rotatable bonds is 9. The number of methoxy groups -OCH3 is 1. The van der Waals surface area contributed by atoms with Crippen LogP contribution in [0.1, 0.15) is 29.8 Å². The van der Waals surface area contributed by atoms with Crippen molar-refractivity contribution >= 4 is 40.8 Å². The summed E-state index contributed by atoms with van der Waals surface area (Å²) >= 11 is 7.77. The average molecular weight is 526 g/mol. The molecule has 1 aliphatic heterocycles. The Labute approximate surface area is 222 Å². The molecule has 7 nitrogen and oxygen atoms in total. The number of halogens is 1. The van der Waals surface area contributed by atoms with Gasteiger partial charge in [-0.15, -0.1) is 0 Å². The monoisotopic (exact) mass is 525 g/mol. The molecule has 4 rings (SSSR count). The smallest absolute Gasteiger partial charge is 0.253 e. The zero-order valence-corrected chi connectivity index (χ0v) is 22.6. The van der Waals surface area contributed by atoms with Crippen molar-refractivity contribution in [1.29, 1.82) is 0 Å². The summed E-state index contributed by atoms with van der Waals surface area (Å²) in [5.41, 5.74) is 2.97. The topological polar surface area (TPSA) is 61.8 Å². The number of aromatic nitrogens is 2. The van der Waals surface area contributed by atoms with Crippen molar-refractivity contribution < 1.29 is 9.53 Å². The van der Waals surface area contributed by atoms with Crippen LogP contribution in [0.2, 0.25) is 5.15 Å². The van der Waals surface area contributed by atoms with Gasteiger partial charge in [0.1, 0.15) is 16.7 Å². The van der Waals surface area contributed by atoms with Gasteiger partial charge < -0.3 is 19.4 Å². The third kappa shape index (κ3) is 6.42. The molecule has 1 aliphatic rings. The number of carbonyl (C=O) groups excluding carboxylic acids is 1. The number of benzene rings is 2. The maximum atomic E-state index is 13.1. The van der Waals surface area contributed by atoms with Crippen molar-refractivity contribution in [3.63, 3.8) is 0 Å². The summed E-state index contributed by atoms with van der Waals surface area (Å²) in [6.45, 7) is 8.92. The lowest BCUT2D eigenvalue weighted by atomic mass is 10.1. The van der Waals surface area contributed by atoms with Gasteiger partial charge in [0.05, 0.1) is 7.11 Å². The molecule has 0 atom stereocenters. The van der Waals surface area contributed by atoms with E-state index in [1.807, 2.05) is 41.3 Å². The number of hydrogen-bond acceptors (Lipinski definition) is 7. The predicted molar refractivity (Wildman–Crippen MR) is 148 cm³/mol. The van der Waals surface area contributed by atoms with Gasteiger partial charge in [0.15, 0.2) is 5.16 Å². The van der Waals surface area contributed by atoms with E-state index in [2.05, 4.69) is 45.7 Å². The van der Waals surface area contributed by atoms with E-state index in [-0.39, 0.29) is 5.91 Å². The lowest BCUT2D eigenvalue weighted by Crippen LogP contribution is -2.48. The van der Waals surface area contributed by atoms with Gasteiger partial charge >= 0.3 is 0 Å². The molecule has 1 saturated heterocycles. The molecular weight excluding hydrogens is 494 g/mol. The molecule has 0 unspecified atom stereocenters. The highest BCUT2D eigenvalue weighted by Crippen LogP contribution is 2.25. The highest BCUT2D eigenvalue weighted by Gasteiger charge is 2.22. The Morgan fingerprint density at radius 3 is 2.28 bits per heavy atom. The van der Waals surface area contributed by atoms with E-state index in [1.54, 1.807) is 24.9 Å². The van der Waals surface area contributed by atoms with E-state index < -0.39 is 0 Å². The van der Waals surface area contributed by atoms with Crippen LogP contribution in [0.25, 0.3) is 0 Å². The maximum Gasteiger partial charge on any atom is 0.253 e. The van der Waals surface area contributed by atoms with E-state index in [1.165, 1.54) is 0 Å². The van der Waals surface area contributed by atoms with Crippen LogP contribution in [0.15, 0.2) is 59.8 Å². The first-order valence-corrected chi connectivity index (χ1v) is 13.6. The third-order valence-electron chi connectivity index (χ3n) is 6.32. The molecule has 0 radical (unpaired) electrons. The fourth-order valence-electron chi connectivity index (χ4n) is 4.19. The van der Waals surface area contributed by atoms with Gasteiger partial charge in [-0.3, -0.25) is 4.79 Å². The summed E-state index contributed by atoms with van der Waals surface area (Å²) in [5.74, 6) is 2.47. The molecule has 0 bridgehead atoms. The first kappa shape index (κ1) is 26.1. The number of nitrogens with zero attached hydrogens (tertiary/aromatic N) is 5. The summed E-state index contributed by atoms with van der Waals surface area (Å²) in [5, 5.41) is 1.10. The normalized spacial score (nSPS) is 13.6. The van der Waals surface area contributed by atoms with Crippen molar-refractivity contribution in [1.82, 2.24) is 14.9 Å². The second-order valence-corrected chi connectivity index (χ2v) is 9.80. The summed E-state index contributed by atoms with van der Waals surface area (Å²) in [6.07, 6.45) is 0. The summed E-state index contributed by atoms with van der Waals surface area (Å²) in [4.78, 5) is 28.5. The largest absolute Gasteiger partial charge is 0.497 e. The van der Waals surface area contributed by atoms with Crippen LogP contribution >= 0.6 is 23.4 Å². The van der Waals surface area contributed by atoms with Crippen LogP contribution in [0, 0.1) is 0 Å². The molecular formula is C27H32ClN5O2S. The lowest BCUT2D eigenvalue weighted by molar-refractivity contribution is 0.0747. The molecule has 1 fully saturated rings. The molecule has 2 heterocycles. The summed E-state index contributed by atoms with van der Waals surface area (Å²) < 4.78 is 5.24. The summed E-state index contributed by atoms with van der Waals surface area (Å²) in [6, 6.07) is 17.7. The van der Waals surface area contributed by atoms with Crippen molar-refractivity contribution in [2.45, 2.75) is 24.8 Å². The molecule has 2 aromatic carbocycles. The van der Waals surface area contributed by atoms with Crippen LogP contribution in [0.3, 0.4) is 0 Å². The zero-order chi connectivity index (χ0) is 25.5. The molecule has 0 N–H and O–H groups in total. The molecule has 3 aromatic rings. The minimum Gasteiger partial charge on any atom is -0.497 e. The van der Waals surface area contributed by atoms with Crippen molar-refractivity contribution in [2.24, 2.45) is 0 Å². The van der Waals surface area contributed by atoms with E-state index in [0.29, 0.717) is 34.7 Å². The maximum absolute atomic E-state index is 13.1.